The number of nitrogens with one attached hydrogen (secondary N) is 1. The van der Waals surface area contributed by atoms with Crippen LogP contribution in [0.3, 0.4) is 0 Å². The molecule has 0 aliphatic heterocycles. The number of hydrogen-bond acceptors (Lipinski definition) is 1. The van der Waals surface area contributed by atoms with Crippen LogP contribution < -0.4 is 5.32 Å². The van der Waals surface area contributed by atoms with Gasteiger partial charge in [0.15, 0.2) is 0 Å². The standard InChI is InChI=1S/C10H7ClF5NO/c1-4(10(14,15)16)17-9(18)5-2-8(13)6(11)3-7(5)12/h2-4H,1H3,(H,17,18). The Hall–Kier alpha value is -1.37. The molecule has 18 heavy (non-hydrogen) atoms. The van der Waals surface area contributed by atoms with Crippen molar-refractivity contribution in [1.82, 2.24) is 5.32 Å². The maximum Gasteiger partial charge on any atom is 0.408 e. The van der Waals surface area contributed by atoms with Crippen molar-refractivity contribution in [3.8, 4) is 0 Å². The number of hydrogen-bond donors (Lipinski definition) is 1. The van der Waals surface area contributed by atoms with E-state index in [1.54, 1.807) is 0 Å². The van der Waals surface area contributed by atoms with Crippen LogP contribution in [0.4, 0.5) is 22.0 Å². The van der Waals surface area contributed by atoms with E-state index in [1.165, 1.54) is 5.32 Å². The van der Waals surface area contributed by atoms with Crippen molar-refractivity contribution in [2.75, 3.05) is 0 Å². The molecule has 8 heteroatoms. The van der Waals surface area contributed by atoms with E-state index >= 15 is 0 Å². The monoisotopic (exact) mass is 287 g/mol. The van der Waals surface area contributed by atoms with Crippen LogP contribution in [-0.2, 0) is 0 Å². The molecule has 2 nitrogen and oxygen atoms in total. The molecule has 1 aromatic carbocycles. The first kappa shape index (κ1) is 14.7. The molecule has 0 aromatic heterocycles. The van der Waals surface area contributed by atoms with Crippen LogP contribution in [-0.4, -0.2) is 18.1 Å². The number of carbonyl (C=O) groups is 1. The van der Waals surface area contributed by atoms with Gasteiger partial charge in [0, 0.05) is 0 Å². The Morgan fingerprint density at radius 1 is 1.28 bits per heavy atom. The molecule has 1 unspecified atom stereocenters. The zero-order chi connectivity index (χ0) is 14.1. The van der Waals surface area contributed by atoms with E-state index in [0.717, 1.165) is 0 Å². The summed E-state index contributed by atoms with van der Waals surface area (Å²) in [4.78, 5) is 11.3. The van der Waals surface area contributed by atoms with Crippen LogP contribution in [0.15, 0.2) is 12.1 Å². The predicted octanol–water partition coefficient (Wildman–Crippen LogP) is 3.30. The van der Waals surface area contributed by atoms with Gasteiger partial charge in [-0.1, -0.05) is 11.6 Å². The molecule has 0 aliphatic carbocycles. The van der Waals surface area contributed by atoms with E-state index in [4.69, 9.17) is 11.6 Å². The van der Waals surface area contributed by atoms with Crippen LogP contribution in [0, 0.1) is 11.6 Å². The number of amides is 1. The third kappa shape index (κ3) is 3.32. The third-order valence-electron chi connectivity index (χ3n) is 2.09. The summed E-state index contributed by atoms with van der Waals surface area (Å²) < 4.78 is 62.7. The minimum Gasteiger partial charge on any atom is -0.340 e. The third-order valence-corrected chi connectivity index (χ3v) is 2.38. The Morgan fingerprint density at radius 2 is 1.83 bits per heavy atom. The normalized spacial score (nSPS) is 13.3. The first-order valence-electron chi connectivity index (χ1n) is 4.65. The van der Waals surface area contributed by atoms with Crippen LogP contribution >= 0.6 is 11.6 Å². The molecule has 0 saturated heterocycles. The molecule has 0 saturated carbocycles. The van der Waals surface area contributed by atoms with Gasteiger partial charge in [0.1, 0.15) is 17.7 Å². The predicted molar refractivity (Wildman–Crippen MR) is 54.4 cm³/mol. The van der Waals surface area contributed by atoms with Gasteiger partial charge in [-0.05, 0) is 19.1 Å². The minimum atomic E-state index is -4.67. The Kier molecular flexibility index (Phi) is 4.16. The van der Waals surface area contributed by atoms with Gasteiger partial charge in [-0.15, -0.1) is 0 Å². The summed E-state index contributed by atoms with van der Waals surface area (Å²) in [7, 11) is 0. The molecule has 1 N–H and O–H groups in total. The Balaban J connectivity index is 2.95. The molecule has 1 aromatic rings. The fraction of sp³-hybridized carbons (Fsp3) is 0.300. The van der Waals surface area contributed by atoms with Crippen molar-refractivity contribution in [2.24, 2.45) is 0 Å². The number of rotatable bonds is 2. The molecule has 0 heterocycles. The molecule has 1 rings (SSSR count). The van der Waals surface area contributed by atoms with Crippen molar-refractivity contribution < 1.29 is 26.7 Å². The second-order valence-corrected chi connectivity index (χ2v) is 3.89. The summed E-state index contributed by atoms with van der Waals surface area (Å²) in [6.07, 6.45) is -4.67. The Labute approximate surface area is 104 Å². The zero-order valence-corrected chi connectivity index (χ0v) is 9.66. The average molecular weight is 288 g/mol. The summed E-state index contributed by atoms with van der Waals surface area (Å²) >= 11 is 5.24. The maximum absolute atomic E-state index is 13.2. The lowest BCUT2D eigenvalue weighted by atomic mass is 10.1. The summed E-state index contributed by atoms with van der Waals surface area (Å²) in [5.74, 6) is -3.66. The van der Waals surface area contributed by atoms with E-state index in [1.807, 2.05) is 0 Å². The van der Waals surface area contributed by atoms with Gasteiger partial charge in [0.25, 0.3) is 5.91 Å². The van der Waals surface area contributed by atoms with E-state index in [9.17, 15) is 26.7 Å². The van der Waals surface area contributed by atoms with Crippen molar-refractivity contribution >= 4 is 17.5 Å². The minimum absolute atomic E-state index is 0.441. The number of halogens is 6. The van der Waals surface area contributed by atoms with E-state index < -0.39 is 40.3 Å². The number of carbonyl (C=O) groups excluding carboxylic acids is 1. The van der Waals surface area contributed by atoms with Crippen molar-refractivity contribution in [2.45, 2.75) is 19.1 Å². The van der Waals surface area contributed by atoms with Crippen LogP contribution in [0.25, 0.3) is 0 Å². The Morgan fingerprint density at radius 3 is 2.33 bits per heavy atom. The van der Waals surface area contributed by atoms with E-state index in [0.29, 0.717) is 19.1 Å². The fourth-order valence-corrected chi connectivity index (χ4v) is 1.20. The van der Waals surface area contributed by atoms with E-state index in [-0.39, 0.29) is 0 Å². The van der Waals surface area contributed by atoms with Gasteiger partial charge in [0.05, 0.1) is 10.6 Å². The van der Waals surface area contributed by atoms with Crippen molar-refractivity contribution in [3.63, 3.8) is 0 Å². The molecule has 100 valence electrons. The maximum atomic E-state index is 13.2. The highest BCUT2D eigenvalue weighted by Crippen LogP contribution is 2.22. The molecular formula is C10H7ClF5NO. The quantitative estimate of drug-likeness (QED) is 0.656. The lowest BCUT2D eigenvalue weighted by molar-refractivity contribution is -0.149. The lowest BCUT2D eigenvalue weighted by Crippen LogP contribution is -2.43. The van der Waals surface area contributed by atoms with Crippen LogP contribution in [0.1, 0.15) is 17.3 Å². The molecule has 1 atom stereocenters. The van der Waals surface area contributed by atoms with Crippen molar-refractivity contribution in [1.29, 1.82) is 0 Å². The zero-order valence-electron chi connectivity index (χ0n) is 8.91. The molecule has 0 spiro atoms. The molecule has 0 aliphatic rings. The van der Waals surface area contributed by atoms with Gasteiger partial charge < -0.3 is 5.32 Å². The second kappa shape index (κ2) is 5.09. The summed E-state index contributed by atoms with van der Waals surface area (Å²) in [6, 6.07) is -1.22. The first-order valence-corrected chi connectivity index (χ1v) is 5.03. The summed E-state index contributed by atoms with van der Waals surface area (Å²) in [5.41, 5.74) is -0.840. The Bertz CT molecular complexity index is 474. The molecule has 0 bridgehead atoms. The van der Waals surface area contributed by atoms with Gasteiger partial charge in [-0.25, -0.2) is 8.78 Å². The van der Waals surface area contributed by atoms with Gasteiger partial charge >= 0.3 is 6.18 Å². The smallest absolute Gasteiger partial charge is 0.340 e. The van der Waals surface area contributed by atoms with Gasteiger partial charge in [-0.3, -0.25) is 4.79 Å². The highest BCUT2D eigenvalue weighted by molar-refractivity contribution is 6.30. The van der Waals surface area contributed by atoms with Crippen LogP contribution in [0.2, 0.25) is 5.02 Å². The highest BCUT2D eigenvalue weighted by atomic mass is 35.5. The second-order valence-electron chi connectivity index (χ2n) is 3.48. The van der Waals surface area contributed by atoms with Crippen LogP contribution in [0.5, 0.6) is 0 Å². The largest absolute Gasteiger partial charge is 0.408 e. The highest BCUT2D eigenvalue weighted by Gasteiger charge is 2.37. The molecular weight excluding hydrogens is 281 g/mol. The average Bonchev–Trinajstić information content (AvgIpc) is 2.21. The van der Waals surface area contributed by atoms with Gasteiger partial charge in [0.2, 0.25) is 0 Å². The summed E-state index contributed by atoms with van der Waals surface area (Å²) in [6.45, 7) is 0.683. The first-order chi connectivity index (χ1) is 8.12. The van der Waals surface area contributed by atoms with E-state index in [2.05, 4.69) is 0 Å². The SMILES string of the molecule is CC(NC(=O)c1cc(F)c(Cl)cc1F)C(F)(F)F. The fourth-order valence-electron chi connectivity index (χ4n) is 1.05. The molecule has 1 amide bonds. The summed E-state index contributed by atoms with van der Waals surface area (Å²) in [5, 5.41) is 0.948. The topological polar surface area (TPSA) is 29.1 Å². The van der Waals surface area contributed by atoms with Gasteiger partial charge in [-0.2, -0.15) is 13.2 Å². The van der Waals surface area contributed by atoms with Crippen molar-refractivity contribution in [3.05, 3.63) is 34.4 Å². The number of benzene rings is 1. The number of alkyl halides is 3. The molecule has 0 radical (unpaired) electrons. The molecule has 0 fully saturated rings. The lowest BCUT2D eigenvalue weighted by Gasteiger charge is -2.17.